The van der Waals surface area contributed by atoms with Crippen LogP contribution < -0.4 is 10.6 Å². The Morgan fingerprint density at radius 1 is 1.27 bits per heavy atom. The van der Waals surface area contributed by atoms with Gasteiger partial charge in [0.1, 0.15) is 5.69 Å². The molecule has 0 amide bonds. The third kappa shape index (κ3) is 1.79. The second-order valence-electron chi connectivity index (χ2n) is 3.53. The van der Waals surface area contributed by atoms with Crippen molar-refractivity contribution in [2.45, 2.75) is 0 Å². The Hall–Kier alpha value is -1.97. The van der Waals surface area contributed by atoms with Crippen LogP contribution in [0.25, 0.3) is 11.3 Å². The molecule has 2 N–H and O–H groups in total. The summed E-state index contributed by atoms with van der Waals surface area (Å²) in [6.07, 6.45) is 0. The lowest BCUT2D eigenvalue weighted by molar-refractivity contribution is 0.439. The minimum Gasteiger partial charge on any atom is -0.377 e. The van der Waals surface area contributed by atoms with E-state index in [-0.39, 0.29) is 0 Å². The Morgan fingerprint density at radius 3 is 2.60 bits per heavy atom. The molecular weight excluding hydrogens is 190 g/mol. The Morgan fingerprint density at radius 2 is 2.00 bits per heavy atom. The van der Waals surface area contributed by atoms with Crippen LogP contribution in [0.4, 0.5) is 11.6 Å². The number of nitrogens with zero attached hydrogens (tertiary/aromatic N) is 2. The van der Waals surface area contributed by atoms with E-state index in [4.69, 9.17) is 10.3 Å². The zero-order valence-electron chi connectivity index (χ0n) is 8.77. The second kappa shape index (κ2) is 3.65. The van der Waals surface area contributed by atoms with Gasteiger partial charge in [-0.1, -0.05) is 23.4 Å². The normalized spacial score (nSPS) is 10.3. The molecule has 0 radical (unpaired) electrons. The van der Waals surface area contributed by atoms with E-state index in [2.05, 4.69) is 5.16 Å². The fourth-order valence-corrected chi connectivity index (χ4v) is 1.50. The highest BCUT2D eigenvalue weighted by Gasteiger charge is 2.09. The summed E-state index contributed by atoms with van der Waals surface area (Å²) >= 11 is 0. The van der Waals surface area contributed by atoms with Crippen molar-refractivity contribution in [1.29, 1.82) is 0 Å². The number of nitrogen functional groups attached to an aromatic ring is 1. The van der Waals surface area contributed by atoms with Gasteiger partial charge in [-0.15, -0.1) is 0 Å². The average Bonchev–Trinajstić information content (AvgIpc) is 2.65. The van der Waals surface area contributed by atoms with Crippen LogP contribution >= 0.6 is 0 Å². The number of aromatic nitrogens is 1. The monoisotopic (exact) mass is 203 g/mol. The Labute approximate surface area is 88.3 Å². The third-order valence-corrected chi connectivity index (χ3v) is 2.19. The minimum absolute atomic E-state index is 0.332. The van der Waals surface area contributed by atoms with E-state index in [1.54, 1.807) is 6.07 Å². The van der Waals surface area contributed by atoms with Gasteiger partial charge in [-0.2, -0.15) is 0 Å². The van der Waals surface area contributed by atoms with E-state index < -0.39 is 0 Å². The molecule has 0 aliphatic carbocycles. The van der Waals surface area contributed by atoms with Crippen LogP contribution in [0.3, 0.4) is 0 Å². The molecule has 2 rings (SSSR count). The molecule has 0 unspecified atom stereocenters. The maximum absolute atomic E-state index is 5.50. The van der Waals surface area contributed by atoms with Crippen molar-refractivity contribution in [2.24, 2.45) is 0 Å². The van der Waals surface area contributed by atoms with E-state index in [0.29, 0.717) is 5.88 Å². The van der Waals surface area contributed by atoms with Gasteiger partial charge in [-0.05, 0) is 6.07 Å². The molecular formula is C11H13N3O. The molecule has 4 heteroatoms. The van der Waals surface area contributed by atoms with Gasteiger partial charge in [-0.25, -0.2) is 0 Å². The molecule has 1 heterocycles. The van der Waals surface area contributed by atoms with E-state index in [1.807, 2.05) is 43.3 Å². The van der Waals surface area contributed by atoms with Crippen molar-refractivity contribution in [2.75, 3.05) is 24.7 Å². The fraction of sp³-hybridized carbons (Fsp3) is 0.182. The van der Waals surface area contributed by atoms with Gasteiger partial charge in [0.15, 0.2) is 0 Å². The largest absolute Gasteiger partial charge is 0.377 e. The van der Waals surface area contributed by atoms with Crippen LogP contribution in [0.1, 0.15) is 0 Å². The topological polar surface area (TPSA) is 55.3 Å². The average molecular weight is 203 g/mol. The summed E-state index contributed by atoms with van der Waals surface area (Å²) in [4.78, 5) is 2.03. The zero-order chi connectivity index (χ0) is 10.8. The number of hydrogen-bond donors (Lipinski definition) is 1. The molecule has 0 spiro atoms. The van der Waals surface area contributed by atoms with Gasteiger partial charge in [0.25, 0.3) is 0 Å². The number of hydrogen-bond acceptors (Lipinski definition) is 4. The first kappa shape index (κ1) is 9.58. The number of para-hydroxylation sites is 1. The standard InChI is InChI=1S/C11H13N3O/c1-14(2)10-6-4-3-5-8(10)9-7-11(12)15-13-9/h3-7H,12H2,1-2H3. The van der Waals surface area contributed by atoms with Crippen molar-refractivity contribution in [3.8, 4) is 11.3 Å². The highest BCUT2D eigenvalue weighted by atomic mass is 16.5. The quantitative estimate of drug-likeness (QED) is 0.811. The molecule has 0 saturated heterocycles. The van der Waals surface area contributed by atoms with E-state index >= 15 is 0 Å². The molecule has 0 aliphatic rings. The van der Waals surface area contributed by atoms with Crippen molar-refractivity contribution in [3.63, 3.8) is 0 Å². The van der Waals surface area contributed by atoms with Crippen LogP contribution in [0.2, 0.25) is 0 Å². The molecule has 2 aromatic rings. The summed E-state index contributed by atoms with van der Waals surface area (Å²) in [7, 11) is 3.98. The second-order valence-corrected chi connectivity index (χ2v) is 3.53. The van der Waals surface area contributed by atoms with Crippen LogP contribution in [-0.4, -0.2) is 19.3 Å². The SMILES string of the molecule is CN(C)c1ccccc1-c1cc(N)on1. The number of benzene rings is 1. The van der Waals surface area contributed by atoms with Gasteiger partial charge in [-0.3, -0.25) is 0 Å². The van der Waals surface area contributed by atoms with Crippen molar-refractivity contribution in [3.05, 3.63) is 30.3 Å². The van der Waals surface area contributed by atoms with Crippen molar-refractivity contribution >= 4 is 11.6 Å². The fourth-order valence-electron chi connectivity index (χ4n) is 1.50. The van der Waals surface area contributed by atoms with E-state index in [0.717, 1.165) is 16.9 Å². The summed E-state index contributed by atoms with van der Waals surface area (Å²) in [6, 6.07) is 9.70. The molecule has 0 fully saturated rings. The molecule has 0 atom stereocenters. The van der Waals surface area contributed by atoms with Gasteiger partial charge >= 0.3 is 0 Å². The summed E-state index contributed by atoms with van der Waals surface area (Å²) in [5, 5.41) is 3.90. The number of rotatable bonds is 2. The maximum atomic E-state index is 5.50. The summed E-state index contributed by atoms with van der Waals surface area (Å²) in [5.74, 6) is 0.332. The van der Waals surface area contributed by atoms with Crippen LogP contribution in [0, 0.1) is 0 Å². The van der Waals surface area contributed by atoms with Gasteiger partial charge in [0.05, 0.1) is 0 Å². The molecule has 0 saturated carbocycles. The lowest BCUT2D eigenvalue weighted by atomic mass is 10.1. The van der Waals surface area contributed by atoms with Gasteiger partial charge in [0.2, 0.25) is 5.88 Å². The van der Waals surface area contributed by atoms with Crippen LogP contribution in [0.5, 0.6) is 0 Å². The first-order valence-electron chi connectivity index (χ1n) is 4.67. The van der Waals surface area contributed by atoms with Gasteiger partial charge < -0.3 is 15.2 Å². The zero-order valence-corrected chi connectivity index (χ0v) is 8.77. The van der Waals surface area contributed by atoms with Crippen molar-refractivity contribution < 1.29 is 4.52 Å². The summed E-state index contributed by atoms with van der Waals surface area (Å²) in [5.41, 5.74) is 8.37. The first-order chi connectivity index (χ1) is 7.18. The molecule has 1 aromatic heterocycles. The molecule has 78 valence electrons. The predicted molar refractivity (Wildman–Crippen MR) is 60.7 cm³/mol. The molecule has 0 bridgehead atoms. The molecule has 0 aliphatic heterocycles. The third-order valence-electron chi connectivity index (χ3n) is 2.19. The highest BCUT2D eigenvalue weighted by Crippen LogP contribution is 2.29. The number of anilines is 2. The summed E-state index contributed by atoms with van der Waals surface area (Å²) in [6.45, 7) is 0. The Bertz CT molecular complexity index is 462. The molecule has 4 nitrogen and oxygen atoms in total. The lowest BCUT2D eigenvalue weighted by Crippen LogP contribution is -2.09. The van der Waals surface area contributed by atoms with Crippen LogP contribution in [-0.2, 0) is 0 Å². The van der Waals surface area contributed by atoms with Crippen LogP contribution in [0.15, 0.2) is 34.9 Å². The molecule has 15 heavy (non-hydrogen) atoms. The van der Waals surface area contributed by atoms with Gasteiger partial charge in [0, 0.05) is 31.4 Å². The summed E-state index contributed by atoms with van der Waals surface area (Å²) < 4.78 is 4.86. The first-order valence-corrected chi connectivity index (χ1v) is 4.67. The van der Waals surface area contributed by atoms with E-state index in [1.165, 1.54) is 0 Å². The Kier molecular flexibility index (Phi) is 2.33. The van der Waals surface area contributed by atoms with Crippen molar-refractivity contribution in [1.82, 2.24) is 5.16 Å². The molecule has 1 aromatic carbocycles. The Balaban J connectivity index is 2.52. The maximum Gasteiger partial charge on any atom is 0.222 e. The van der Waals surface area contributed by atoms with E-state index in [9.17, 15) is 0 Å². The highest BCUT2D eigenvalue weighted by molar-refractivity contribution is 5.76. The smallest absolute Gasteiger partial charge is 0.222 e. The predicted octanol–water partition coefficient (Wildman–Crippen LogP) is 1.99. The minimum atomic E-state index is 0.332. The lowest BCUT2D eigenvalue weighted by Gasteiger charge is -2.15. The number of nitrogens with two attached hydrogens (primary N) is 1.